The smallest absolute Gasteiger partial charge is 0.160 e. The van der Waals surface area contributed by atoms with Crippen molar-refractivity contribution in [3.05, 3.63) is 39.8 Å². The number of thiophene rings is 1. The summed E-state index contributed by atoms with van der Waals surface area (Å²) in [6.45, 7) is 1.91. The second kappa shape index (κ2) is 4.81. The molecule has 2 heterocycles. The third kappa shape index (κ3) is 2.62. The second-order valence-corrected chi connectivity index (χ2v) is 5.02. The zero-order chi connectivity index (χ0) is 12.4. The summed E-state index contributed by atoms with van der Waals surface area (Å²) >= 11 is 1.51. The van der Waals surface area contributed by atoms with Gasteiger partial charge in [-0.25, -0.2) is 0 Å². The Morgan fingerprint density at radius 2 is 2.41 bits per heavy atom. The molecule has 0 amide bonds. The van der Waals surface area contributed by atoms with Crippen molar-refractivity contribution in [2.24, 2.45) is 12.8 Å². The number of Topliss-reactive ketones (excluding diaryl/α,β-unsaturated/α-hetero) is 1. The van der Waals surface area contributed by atoms with Gasteiger partial charge in [0.15, 0.2) is 5.78 Å². The highest BCUT2D eigenvalue weighted by molar-refractivity contribution is 7.10. The Hall–Kier alpha value is -1.46. The van der Waals surface area contributed by atoms with Crippen molar-refractivity contribution in [1.82, 2.24) is 9.78 Å². The van der Waals surface area contributed by atoms with Crippen LogP contribution in [0.25, 0.3) is 0 Å². The van der Waals surface area contributed by atoms with Gasteiger partial charge in [-0.3, -0.25) is 9.48 Å². The zero-order valence-corrected chi connectivity index (χ0v) is 10.7. The van der Waals surface area contributed by atoms with Crippen molar-refractivity contribution in [3.8, 4) is 0 Å². The van der Waals surface area contributed by atoms with E-state index in [1.165, 1.54) is 11.3 Å². The summed E-state index contributed by atoms with van der Waals surface area (Å²) in [5, 5.41) is 6.14. The van der Waals surface area contributed by atoms with E-state index < -0.39 is 6.04 Å². The summed E-state index contributed by atoms with van der Waals surface area (Å²) in [5.41, 5.74) is 7.74. The normalized spacial score (nSPS) is 12.6. The molecule has 0 aliphatic heterocycles. The van der Waals surface area contributed by atoms with Gasteiger partial charge >= 0.3 is 0 Å². The van der Waals surface area contributed by atoms with E-state index in [0.29, 0.717) is 6.42 Å². The molecule has 2 N–H and O–H groups in total. The van der Waals surface area contributed by atoms with E-state index in [4.69, 9.17) is 5.73 Å². The Labute approximate surface area is 104 Å². The Kier molecular flexibility index (Phi) is 3.40. The van der Waals surface area contributed by atoms with Gasteiger partial charge < -0.3 is 5.73 Å². The molecule has 4 nitrogen and oxygen atoms in total. The van der Waals surface area contributed by atoms with Gasteiger partial charge in [0.05, 0.1) is 18.2 Å². The lowest BCUT2D eigenvalue weighted by atomic mass is 10.1. The van der Waals surface area contributed by atoms with Crippen LogP contribution in [0.5, 0.6) is 0 Å². The van der Waals surface area contributed by atoms with Crippen LogP contribution in [0, 0.1) is 6.92 Å². The molecule has 0 aromatic carbocycles. The first-order chi connectivity index (χ1) is 8.08. The van der Waals surface area contributed by atoms with Crippen LogP contribution in [0.4, 0.5) is 0 Å². The monoisotopic (exact) mass is 249 g/mol. The Balaban J connectivity index is 2.09. The third-order valence-corrected chi connectivity index (χ3v) is 3.61. The molecule has 0 aliphatic rings. The number of rotatable bonds is 4. The maximum Gasteiger partial charge on any atom is 0.160 e. The van der Waals surface area contributed by atoms with Gasteiger partial charge in [-0.05, 0) is 24.4 Å². The minimum Gasteiger partial charge on any atom is -0.317 e. The molecule has 2 aromatic rings. The fraction of sp³-hybridized carbons (Fsp3) is 0.333. The largest absolute Gasteiger partial charge is 0.317 e. The minimum atomic E-state index is -0.523. The molecule has 0 saturated heterocycles. The first kappa shape index (κ1) is 12.0. The first-order valence-corrected chi connectivity index (χ1v) is 6.27. The molecule has 0 spiro atoms. The lowest BCUT2D eigenvalue weighted by Gasteiger charge is -2.08. The van der Waals surface area contributed by atoms with Crippen LogP contribution < -0.4 is 5.73 Å². The average molecular weight is 249 g/mol. The molecule has 0 fully saturated rings. The quantitative estimate of drug-likeness (QED) is 0.895. The van der Waals surface area contributed by atoms with Gasteiger partial charge in [0, 0.05) is 17.6 Å². The van der Waals surface area contributed by atoms with E-state index >= 15 is 0 Å². The lowest BCUT2D eigenvalue weighted by Crippen LogP contribution is -2.23. The second-order valence-electron chi connectivity index (χ2n) is 4.04. The van der Waals surface area contributed by atoms with Crippen molar-refractivity contribution in [2.75, 3.05) is 0 Å². The molecule has 0 bridgehead atoms. The van der Waals surface area contributed by atoms with Crippen molar-refractivity contribution >= 4 is 17.1 Å². The van der Waals surface area contributed by atoms with Gasteiger partial charge in [0.25, 0.3) is 0 Å². The number of nitrogens with zero attached hydrogens (tertiary/aromatic N) is 2. The van der Waals surface area contributed by atoms with Crippen LogP contribution in [-0.2, 0) is 18.3 Å². The summed E-state index contributed by atoms with van der Waals surface area (Å²) in [6, 6.07) is 5.19. The van der Waals surface area contributed by atoms with Crippen LogP contribution in [0.2, 0.25) is 0 Å². The topological polar surface area (TPSA) is 60.9 Å². The summed E-state index contributed by atoms with van der Waals surface area (Å²) in [5.74, 6) is 0.0236. The van der Waals surface area contributed by atoms with E-state index in [1.54, 1.807) is 4.68 Å². The fourth-order valence-electron chi connectivity index (χ4n) is 1.75. The maximum absolute atomic E-state index is 12.0. The van der Waals surface area contributed by atoms with Crippen LogP contribution in [-0.4, -0.2) is 15.6 Å². The number of hydrogen-bond donors (Lipinski definition) is 1. The van der Waals surface area contributed by atoms with E-state index in [9.17, 15) is 4.79 Å². The van der Waals surface area contributed by atoms with E-state index in [1.807, 2.05) is 37.6 Å². The predicted octanol–water partition coefficient (Wildman–Crippen LogP) is 1.60. The number of carbonyl (C=O) groups is 1. The van der Waals surface area contributed by atoms with E-state index in [-0.39, 0.29) is 5.78 Å². The average Bonchev–Trinajstić information content (AvgIpc) is 2.88. The molecule has 2 rings (SSSR count). The maximum atomic E-state index is 12.0. The van der Waals surface area contributed by atoms with Gasteiger partial charge in [0.1, 0.15) is 0 Å². The van der Waals surface area contributed by atoms with Gasteiger partial charge in [0.2, 0.25) is 0 Å². The van der Waals surface area contributed by atoms with Crippen molar-refractivity contribution in [1.29, 1.82) is 0 Å². The highest BCUT2D eigenvalue weighted by Gasteiger charge is 2.18. The minimum absolute atomic E-state index is 0.0236. The number of ketones is 1. The predicted molar refractivity (Wildman–Crippen MR) is 67.9 cm³/mol. The zero-order valence-electron chi connectivity index (χ0n) is 9.88. The van der Waals surface area contributed by atoms with Crippen LogP contribution in [0.15, 0.2) is 23.6 Å². The molecule has 17 heavy (non-hydrogen) atoms. The first-order valence-electron chi connectivity index (χ1n) is 5.39. The number of aromatic nitrogens is 2. The molecule has 90 valence electrons. The van der Waals surface area contributed by atoms with Gasteiger partial charge in [-0.1, -0.05) is 6.07 Å². The molecular weight excluding hydrogens is 234 g/mol. The fourth-order valence-corrected chi connectivity index (χ4v) is 2.49. The molecular formula is C12H15N3OS. The highest BCUT2D eigenvalue weighted by Crippen LogP contribution is 2.19. The summed E-state index contributed by atoms with van der Waals surface area (Å²) in [7, 11) is 1.84. The summed E-state index contributed by atoms with van der Waals surface area (Å²) in [6.07, 6.45) is 0.330. The van der Waals surface area contributed by atoms with Gasteiger partial charge in [-0.2, -0.15) is 5.10 Å². The molecule has 1 unspecified atom stereocenters. The molecule has 0 saturated carbocycles. The summed E-state index contributed by atoms with van der Waals surface area (Å²) < 4.78 is 1.73. The van der Waals surface area contributed by atoms with Crippen LogP contribution >= 0.6 is 11.3 Å². The van der Waals surface area contributed by atoms with Crippen molar-refractivity contribution < 1.29 is 4.79 Å². The highest BCUT2D eigenvalue weighted by atomic mass is 32.1. The number of nitrogens with two attached hydrogens (primary N) is 1. The van der Waals surface area contributed by atoms with Crippen LogP contribution in [0.1, 0.15) is 22.3 Å². The standard InChI is InChI=1S/C12H15N3OS/c1-8-6-9(15(2)14-8)7-10(16)12(13)11-4-3-5-17-11/h3-6,12H,7,13H2,1-2H3. The molecule has 5 heteroatoms. The van der Waals surface area contributed by atoms with E-state index in [0.717, 1.165) is 16.3 Å². The number of carbonyl (C=O) groups excluding carboxylic acids is 1. The Bertz CT molecular complexity index is 516. The Morgan fingerprint density at radius 1 is 1.65 bits per heavy atom. The molecule has 1 atom stereocenters. The van der Waals surface area contributed by atoms with Gasteiger partial charge in [-0.15, -0.1) is 11.3 Å². The van der Waals surface area contributed by atoms with Crippen LogP contribution in [0.3, 0.4) is 0 Å². The molecule has 0 radical (unpaired) electrons. The number of hydrogen-bond acceptors (Lipinski definition) is 4. The van der Waals surface area contributed by atoms with E-state index in [2.05, 4.69) is 5.10 Å². The van der Waals surface area contributed by atoms with Crippen molar-refractivity contribution in [3.63, 3.8) is 0 Å². The molecule has 2 aromatic heterocycles. The summed E-state index contributed by atoms with van der Waals surface area (Å²) in [4.78, 5) is 12.9. The van der Waals surface area contributed by atoms with Crippen molar-refractivity contribution in [2.45, 2.75) is 19.4 Å². The SMILES string of the molecule is Cc1cc(CC(=O)C(N)c2cccs2)n(C)n1. The third-order valence-electron chi connectivity index (χ3n) is 2.65. The Morgan fingerprint density at radius 3 is 2.94 bits per heavy atom. The molecule has 0 aliphatic carbocycles. The lowest BCUT2D eigenvalue weighted by molar-refractivity contribution is -0.119. The number of aryl methyl sites for hydroxylation is 2.